The van der Waals surface area contributed by atoms with Gasteiger partial charge < -0.3 is 10.1 Å². The van der Waals surface area contributed by atoms with E-state index in [1.807, 2.05) is 12.1 Å². The molecule has 3 rings (SSSR count). The van der Waals surface area contributed by atoms with Gasteiger partial charge in [-0.3, -0.25) is 0 Å². The van der Waals surface area contributed by atoms with E-state index in [0.29, 0.717) is 0 Å². The van der Waals surface area contributed by atoms with Crippen LogP contribution in [0.3, 0.4) is 0 Å². The van der Waals surface area contributed by atoms with Gasteiger partial charge in [-0.1, -0.05) is 42.6 Å². The van der Waals surface area contributed by atoms with Crippen LogP contribution in [-0.2, 0) is 4.74 Å². The van der Waals surface area contributed by atoms with E-state index in [1.165, 1.54) is 18.4 Å². The number of hydrogen-bond acceptors (Lipinski definition) is 2. The van der Waals surface area contributed by atoms with Gasteiger partial charge in [-0.15, -0.1) is 0 Å². The molecule has 1 aromatic rings. The normalized spacial score (nSPS) is 27.5. The fraction of sp³-hybridized carbons (Fsp3) is 0.571. The number of rotatable bonds is 1. The molecule has 2 aliphatic rings. The highest BCUT2D eigenvalue weighted by Gasteiger charge is 2.45. The summed E-state index contributed by atoms with van der Waals surface area (Å²) >= 11 is 6.32. The summed E-state index contributed by atoms with van der Waals surface area (Å²) in [5.41, 5.74) is 1.18. The summed E-state index contributed by atoms with van der Waals surface area (Å²) in [4.78, 5) is 0. The van der Waals surface area contributed by atoms with Crippen molar-refractivity contribution in [3.05, 3.63) is 34.9 Å². The zero-order valence-corrected chi connectivity index (χ0v) is 10.7. The minimum atomic E-state index is -0.0107. The number of benzene rings is 1. The molecule has 1 unspecified atom stereocenters. The Bertz CT molecular complexity index is 401. The third-order valence-electron chi connectivity index (χ3n) is 4.03. The number of nitrogens with one attached hydrogen (secondary N) is 1. The van der Waals surface area contributed by atoms with Crippen molar-refractivity contribution in [2.45, 2.75) is 37.3 Å². The van der Waals surface area contributed by atoms with Crippen molar-refractivity contribution in [3.63, 3.8) is 0 Å². The van der Waals surface area contributed by atoms with E-state index in [0.717, 1.165) is 31.0 Å². The zero-order chi connectivity index (χ0) is 11.7. The second-order valence-electron chi connectivity index (χ2n) is 5.03. The summed E-state index contributed by atoms with van der Waals surface area (Å²) in [7, 11) is 0. The van der Waals surface area contributed by atoms with Crippen LogP contribution in [0.2, 0.25) is 5.02 Å². The largest absolute Gasteiger partial charge is 0.372 e. The van der Waals surface area contributed by atoms with E-state index in [9.17, 15) is 0 Å². The summed E-state index contributed by atoms with van der Waals surface area (Å²) in [6, 6.07) is 8.38. The lowest BCUT2D eigenvalue weighted by Crippen LogP contribution is -2.50. The van der Waals surface area contributed by atoms with E-state index in [2.05, 4.69) is 17.4 Å². The van der Waals surface area contributed by atoms with Crippen molar-refractivity contribution >= 4 is 11.6 Å². The standard InChI is InChI=1S/C14H18ClNO/c15-12-6-2-1-5-11(12)13-14(7-3-4-8-14)17-10-9-16-13/h1-2,5-6,13,16H,3-4,7-10H2. The van der Waals surface area contributed by atoms with Gasteiger partial charge >= 0.3 is 0 Å². The van der Waals surface area contributed by atoms with Crippen LogP contribution in [0, 0.1) is 0 Å². The molecule has 2 nitrogen and oxygen atoms in total. The second kappa shape index (κ2) is 4.60. The second-order valence-corrected chi connectivity index (χ2v) is 5.44. The van der Waals surface area contributed by atoms with Crippen LogP contribution in [0.5, 0.6) is 0 Å². The topological polar surface area (TPSA) is 21.3 Å². The molecular formula is C14H18ClNO. The maximum absolute atomic E-state index is 6.32. The predicted molar refractivity (Wildman–Crippen MR) is 69.3 cm³/mol. The van der Waals surface area contributed by atoms with Gasteiger partial charge in [-0.25, -0.2) is 0 Å². The maximum Gasteiger partial charge on any atom is 0.0877 e. The molecule has 1 aliphatic heterocycles. The fourth-order valence-corrected chi connectivity index (χ4v) is 3.48. The molecular weight excluding hydrogens is 234 g/mol. The van der Waals surface area contributed by atoms with Gasteiger partial charge in [0.1, 0.15) is 0 Å². The Labute approximate surface area is 107 Å². The van der Waals surface area contributed by atoms with E-state index in [4.69, 9.17) is 16.3 Å². The van der Waals surface area contributed by atoms with Gasteiger partial charge in [0, 0.05) is 11.6 Å². The Balaban J connectivity index is 1.97. The molecule has 1 saturated heterocycles. The van der Waals surface area contributed by atoms with Gasteiger partial charge in [0.05, 0.1) is 18.2 Å². The van der Waals surface area contributed by atoms with Crippen LogP contribution < -0.4 is 5.32 Å². The van der Waals surface area contributed by atoms with Crippen molar-refractivity contribution in [2.24, 2.45) is 0 Å². The van der Waals surface area contributed by atoms with Gasteiger partial charge in [0.25, 0.3) is 0 Å². The lowest BCUT2D eigenvalue weighted by atomic mass is 9.85. The van der Waals surface area contributed by atoms with Crippen molar-refractivity contribution in [2.75, 3.05) is 13.2 Å². The monoisotopic (exact) mass is 251 g/mol. The molecule has 1 aliphatic carbocycles. The first kappa shape index (κ1) is 11.5. The smallest absolute Gasteiger partial charge is 0.0877 e. The van der Waals surface area contributed by atoms with Crippen molar-refractivity contribution in [1.29, 1.82) is 0 Å². The Kier molecular flexibility index (Phi) is 3.12. The molecule has 1 atom stereocenters. The average Bonchev–Trinajstić information content (AvgIpc) is 2.80. The summed E-state index contributed by atoms with van der Waals surface area (Å²) in [5, 5.41) is 4.45. The zero-order valence-electron chi connectivity index (χ0n) is 9.92. The van der Waals surface area contributed by atoms with Gasteiger partial charge in [0.2, 0.25) is 0 Å². The quantitative estimate of drug-likeness (QED) is 0.827. The molecule has 92 valence electrons. The molecule has 1 spiro atoms. The molecule has 1 aromatic carbocycles. The Morgan fingerprint density at radius 2 is 2.00 bits per heavy atom. The molecule has 1 saturated carbocycles. The van der Waals surface area contributed by atoms with Gasteiger partial charge in [-0.05, 0) is 24.5 Å². The van der Waals surface area contributed by atoms with Crippen LogP contribution in [0.1, 0.15) is 37.3 Å². The van der Waals surface area contributed by atoms with Gasteiger partial charge in [0.15, 0.2) is 0 Å². The molecule has 0 radical (unpaired) electrons. The highest BCUT2D eigenvalue weighted by Crippen LogP contribution is 2.45. The summed E-state index contributed by atoms with van der Waals surface area (Å²) in [6.45, 7) is 1.73. The van der Waals surface area contributed by atoms with Crippen LogP contribution in [0.4, 0.5) is 0 Å². The lowest BCUT2D eigenvalue weighted by Gasteiger charge is -2.42. The average molecular weight is 252 g/mol. The van der Waals surface area contributed by atoms with Crippen molar-refractivity contribution in [1.82, 2.24) is 5.32 Å². The summed E-state index contributed by atoms with van der Waals surface area (Å²) in [6.07, 6.45) is 4.83. The number of hydrogen-bond donors (Lipinski definition) is 1. The highest BCUT2D eigenvalue weighted by molar-refractivity contribution is 6.31. The van der Waals surface area contributed by atoms with Gasteiger partial charge in [-0.2, -0.15) is 0 Å². The summed E-state index contributed by atoms with van der Waals surface area (Å²) in [5.74, 6) is 0. The highest BCUT2D eigenvalue weighted by atomic mass is 35.5. The number of morpholine rings is 1. The molecule has 17 heavy (non-hydrogen) atoms. The van der Waals surface area contributed by atoms with Crippen LogP contribution >= 0.6 is 11.6 Å². The Morgan fingerprint density at radius 3 is 2.76 bits per heavy atom. The first-order chi connectivity index (χ1) is 8.32. The Morgan fingerprint density at radius 1 is 1.24 bits per heavy atom. The molecule has 2 fully saturated rings. The lowest BCUT2D eigenvalue weighted by molar-refractivity contribution is -0.0934. The van der Waals surface area contributed by atoms with Crippen LogP contribution in [0.15, 0.2) is 24.3 Å². The molecule has 1 N–H and O–H groups in total. The van der Waals surface area contributed by atoms with E-state index in [1.54, 1.807) is 0 Å². The number of halogens is 1. The van der Waals surface area contributed by atoms with E-state index < -0.39 is 0 Å². The maximum atomic E-state index is 6.32. The molecule has 0 bridgehead atoms. The van der Waals surface area contributed by atoms with E-state index >= 15 is 0 Å². The molecule has 1 heterocycles. The first-order valence-electron chi connectivity index (χ1n) is 6.44. The van der Waals surface area contributed by atoms with Crippen LogP contribution in [-0.4, -0.2) is 18.8 Å². The molecule has 0 amide bonds. The number of ether oxygens (including phenoxy) is 1. The molecule has 3 heteroatoms. The van der Waals surface area contributed by atoms with Crippen LogP contribution in [0.25, 0.3) is 0 Å². The fourth-order valence-electron chi connectivity index (χ4n) is 3.24. The predicted octanol–water partition coefficient (Wildman–Crippen LogP) is 3.31. The first-order valence-corrected chi connectivity index (χ1v) is 6.81. The SMILES string of the molecule is Clc1ccccc1C1NCCOC12CCCC2. The Hall–Kier alpha value is -0.570. The van der Waals surface area contributed by atoms with E-state index in [-0.39, 0.29) is 11.6 Å². The molecule has 0 aromatic heterocycles. The van der Waals surface area contributed by atoms with Crippen molar-refractivity contribution in [3.8, 4) is 0 Å². The minimum Gasteiger partial charge on any atom is -0.372 e. The minimum absolute atomic E-state index is 0.0107. The third-order valence-corrected chi connectivity index (χ3v) is 4.38. The third kappa shape index (κ3) is 1.99. The summed E-state index contributed by atoms with van der Waals surface area (Å²) < 4.78 is 6.13. The van der Waals surface area contributed by atoms with Crippen molar-refractivity contribution < 1.29 is 4.74 Å².